The molecule has 0 aliphatic carbocycles. The van der Waals surface area contributed by atoms with Crippen molar-refractivity contribution in [2.45, 2.75) is 13.3 Å². The number of halogens is 1. The number of pyridine rings is 1. The summed E-state index contributed by atoms with van der Waals surface area (Å²) in [6.45, 7) is 2.88. The zero-order valence-corrected chi connectivity index (χ0v) is 16.7. The van der Waals surface area contributed by atoms with Gasteiger partial charge >= 0.3 is 0 Å². The second-order valence-electron chi connectivity index (χ2n) is 6.87. The Hall–Kier alpha value is -2.15. The monoisotopic (exact) mass is 401 g/mol. The van der Waals surface area contributed by atoms with E-state index in [1.807, 2.05) is 31.2 Å². The summed E-state index contributed by atoms with van der Waals surface area (Å²) >= 11 is 6.31. The van der Waals surface area contributed by atoms with Crippen LogP contribution in [0, 0.1) is 6.92 Å². The number of H-pyrrole nitrogens is 1. The predicted molar refractivity (Wildman–Crippen MR) is 110 cm³/mol. The van der Waals surface area contributed by atoms with E-state index in [4.69, 9.17) is 11.6 Å². The van der Waals surface area contributed by atoms with E-state index in [1.54, 1.807) is 6.20 Å². The minimum atomic E-state index is -3.15. The Balaban J connectivity index is 1.73. The molecule has 0 saturated heterocycles. The van der Waals surface area contributed by atoms with Gasteiger partial charge in [-0.2, -0.15) is 4.31 Å². The Labute approximate surface area is 163 Å². The lowest BCUT2D eigenvalue weighted by Crippen LogP contribution is -2.33. The van der Waals surface area contributed by atoms with Gasteiger partial charge in [0, 0.05) is 35.4 Å². The van der Waals surface area contributed by atoms with Gasteiger partial charge in [0.1, 0.15) is 5.65 Å². The first-order chi connectivity index (χ1) is 12.8. The molecule has 0 bridgehead atoms. The SMILES string of the molecule is Cc1ccc(-c2ccnc3[nH]c(C4=CCN(S(C)(=O)=O)CC4)cc23)cc1Cl. The Morgan fingerprint density at radius 3 is 2.70 bits per heavy atom. The molecule has 0 unspecified atom stereocenters. The Bertz CT molecular complexity index is 1170. The number of sulfonamides is 1. The van der Waals surface area contributed by atoms with E-state index in [2.05, 4.69) is 22.1 Å². The quantitative estimate of drug-likeness (QED) is 0.713. The van der Waals surface area contributed by atoms with E-state index >= 15 is 0 Å². The third-order valence-electron chi connectivity index (χ3n) is 5.00. The maximum absolute atomic E-state index is 11.7. The van der Waals surface area contributed by atoms with Gasteiger partial charge in [-0.1, -0.05) is 29.8 Å². The van der Waals surface area contributed by atoms with Crippen LogP contribution in [0.5, 0.6) is 0 Å². The van der Waals surface area contributed by atoms with Gasteiger partial charge < -0.3 is 4.98 Å². The summed E-state index contributed by atoms with van der Waals surface area (Å²) in [4.78, 5) is 7.83. The first kappa shape index (κ1) is 18.2. The highest BCUT2D eigenvalue weighted by Gasteiger charge is 2.21. The number of nitrogens with zero attached hydrogens (tertiary/aromatic N) is 2. The molecule has 1 aliphatic rings. The molecule has 1 aromatic carbocycles. The third-order valence-corrected chi connectivity index (χ3v) is 6.68. The van der Waals surface area contributed by atoms with Crippen molar-refractivity contribution in [3.8, 4) is 11.1 Å². The van der Waals surface area contributed by atoms with Gasteiger partial charge in [0.2, 0.25) is 10.0 Å². The van der Waals surface area contributed by atoms with Crippen molar-refractivity contribution in [2.24, 2.45) is 0 Å². The van der Waals surface area contributed by atoms with Crippen LogP contribution in [-0.2, 0) is 10.0 Å². The minimum Gasteiger partial charge on any atom is -0.339 e. The fourth-order valence-electron chi connectivity index (χ4n) is 3.41. The first-order valence-electron chi connectivity index (χ1n) is 8.72. The highest BCUT2D eigenvalue weighted by Crippen LogP contribution is 2.33. The van der Waals surface area contributed by atoms with Gasteiger partial charge in [0.25, 0.3) is 0 Å². The van der Waals surface area contributed by atoms with Crippen LogP contribution < -0.4 is 0 Å². The van der Waals surface area contributed by atoms with Crippen LogP contribution in [0.3, 0.4) is 0 Å². The average molecular weight is 402 g/mol. The summed E-state index contributed by atoms with van der Waals surface area (Å²) in [6.07, 6.45) is 5.67. The molecule has 27 heavy (non-hydrogen) atoms. The normalized spacial score (nSPS) is 15.9. The standard InChI is InChI=1S/C20H20ClN3O2S/c1-13-3-4-15(11-18(13)21)16-5-8-22-20-17(16)12-19(23-20)14-6-9-24(10-7-14)27(2,25)26/h3-6,8,11-12H,7,9-10H2,1-2H3,(H,22,23). The average Bonchev–Trinajstić information content (AvgIpc) is 3.08. The topological polar surface area (TPSA) is 66.1 Å². The van der Waals surface area contributed by atoms with E-state index in [9.17, 15) is 8.42 Å². The molecule has 1 N–H and O–H groups in total. The van der Waals surface area contributed by atoms with E-state index in [0.29, 0.717) is 19.5 Å². The molecule has 3 heterocycles. The Morgan fingerprint density at radius 2 is 2.04 bits per heavy atom. The molecule has 0 radical (unpaired) electrons. The fourth-order valence-corrected chi connectivity index (χ4v) is 4.36. The van der Waals surface area contributed by atoms with Crippen LogP contribution in [0.4, 0.5) is 0 Å². The van der Waals surface area contributed by atoms with Gasteiger partial charge in [-0.05, 0) is 53.8 Å². The number of hydrogen-bond acceptors (Lipinski definition) is 3. The van der Waals surface area contributed by atoms with E-state index in [1.165, 1.54) is 10.6 Å². The van der Waals surface area contributed by atoms with Crippen molar-refractivity contribution in [1.82, 2.24) is 14.3 Å². The lowest BCUT2D eigenvalue weighted by Gasteiger charge is -2.23. The van der Waals surface area contributed by atoms with Crippen molar-refractivity contribution in [3.05, 3.63) is 58.9 Å². The number of fused-ring (bicyclic) bond motifs is 1. The molecule has 0 fully saturated rings. The molecule has 2 aromatic heterocycles. The summed E-state index contributed by atoms with van der Waals surface area (Å²) in [6, 6.07) is 10.1. The summed E-state index contributed by atoms with van der Waals surface area (Å²) in [5, 5.41) is 1.77. The Morgan fingerprint density at radius 1 is 1.22 bits per heavy atom. The number of hydrogen-bond donors (Lipinski definition) is 1. The van der Waals surface area contributed by atoms with Crippen LogP contribution in [0.2, 0.25) is 5.02 Å². The van der Waals surface area contributed by atoms with Gasteiger partial charge in [-0.25, -0.2) is 13.4 Å². The molecule has 0 saturated carbocycles. The van der Waals surface area contributed by atoms with E-state index in [-0.39, 0.29) is 0 Å². The fraction of sp³-hybridized carbons (Fsp3) is 0.250. The highest BCUT2D eigenvalue weighted by atomic mass is 35.5. The number of aromatic amines is 1. The van der Waals surface area contributed by atoms with Crippen LogP contribution >= 0.6 is 11.6 Å². The molecular weight excluding hydrogens is 382 g/mol. The van der Waals surface area contributed by atoms with Crippen LogP contribution in [-0.4, -0.2) is 42.0 Å². The largest absolute Gasteiger partial charge is 0.339 e. The maximum atomic E-state index is 11.7. The first-order valence-corrected chi connectivity index (χ1v) is 10.9. The van der Waals surface area contributed by atoms with Crippen molar-refractivity contribution < 1.29 is 8.42 Å². The third kappa shape index (κ3) is 3.52. The summed E-state index contributed by atoms with van der Waals surface area (Å²) in [5.41, 5.74) is 6.06. The molecule has 3 aromatic rings. The number of benzene rings is 1. The van der Waals surface area contributed by atoms with Crippen molar-refractivity contribution in [3.63, 3.8) is 0 Å². The van der Waals surface area contributed by atoms with Crippen molar-refractivity contribution >= 4 is 38.2 Å². The van der Waals surface area contributed by atoms with E-state index < -0.39 is 10.0 Å². The summed E-state index contributed by atoms with van der Waals surface area (Å²) in [5.74, 6) is 0. The second-order valence-corrected chi connectivity index (χ2v) is 9.26. The molecule has 7 heteroatoms. The van der Waals surface area contributed by atoms with Crippen molar-refractivity contribution in [2.75, 3.05) is 19.3 Å². The molecule has 0 atom stereocenters. The molecule has 140 valence electrons. The van der Waals surface area contributed by atoms with Gasteiger partial charge in [0.05, 0.1) is 6.26 Å². The minimum absolute atomic E-state index is 0.400. The maximum Gasteiger partial charge on any atom is 0.211 e. The lowest BCUT2D eigenvalue weighted by atomic mass is 10.0. The molecular formula is C20H20ClN3O2S. The van der Waals surface area contributed by atoms with Gasteiger partial charge in [-0.15, -0.1) is 0 Å². The Kier molecular flexibility index (Phi) is 4.58. The zero-order chi connectivity index (χ0) is 19.2. The van der Waals surface area contributed by atoms with E-state index in [0.717, 1.165) is 44.0 Å². The highest BCUT2D eigenvalue weighted by molar-refractivity contribution is 7.88. The lowest BCUT2D eigenvalue weighted by molar-refractivity contribution is 0.445. The molecule has 0 amide bonds. The summed E-state index contributed by atoms with van der Waals surface area (Å²) in [7, 11) is -3.15. The second kappa shape index (κ2) is 6.78. The van der Waals surface area contributed by atoms with Gasteiger partial charge in [0.15, 0.2) is 0 Å². The van der Waals surface area contributed by atoms with Crippen molar-refractivity contribution in [1.29, 1.82) is 0 Å². The molecule has 5 nitrogen and oxygen atoms in total. The van der Waals surface area contributed by atoms with Crippen LogP contribution in [0.15, 0.2) is 42.6 Å². The smallest absolute Gasteiger partial charge is 0.211 e. The predicted octanol–water partition coefficient (Wildman–Crippen LogP) is 4.24. The van der Waals surface area contributed by atoms with Crippen LogP contribution in [0.1, 0.15) is 17.7 Å². The number of rotatable bonds is 3. The van der Waals surface area contributed by atoms with Gasteiger partial charge in [-0.3, -0.25) is 0 Å². The summed E-state index contributed by atoms with van der Waals surface area (Å²) < 4.78 is 24.9. The number of aromatic nitrogens is 2. The zero-order valence-electron chi connectivity index (χ0n) is 15.2. The number of aryl methyl sites for hydroxylation is 1. The number of nitrogens with one attached hydrogen (secondary N) is 1. The molecule has 1 aliphatic heterocycles. The molecule has 0 spiro atoms. The van der Waals surface area contributed by atoms with Crippen LogP contribution in [0.25, 0.3) is 27.7 Å². The molecule has 4 rings (SSSR count).